The summed E-state index contributed by atoms with van der Waals surface area (Å²) in [5.41, 5.74) is 0.248. The maximum absolute atomic E-state index is 11.0. The number of carboxylic acid groups (broad SMARTS) is 1. The Morgan fingerprint density at radius 3 is 2.52 bits per heavy atom. The lowest BCUT2D eigenvalue weighted by Gasteiger charge is -2.09. The number of nitrogens with zero attached hydrogens (tertiary/aromatic N) is 1. The first kappa shape index (κ1) is 15.1. The topological polar surface area (TPSA) is 92.5 Å². The van der Waals surface area contributed by atoms with E-state index in [0.29, 0.717) is 5.69 Å². The molecule has 0 heterocycles. The summed E-state index contributed by atoms with van der Waals surface area (Å²) in [5, 5.41) is 23.1. The summed E-state index contributed by atoms with van der Waals surface area (Å²) in [6.07, 6.45) is 0. The van der Waals surface area contributed by atoms with Gasteiger partial charge in [0.15, 0.2) is 0 Å². The third-order valence-corrected chi connectivity index (χ3v) is 3.20. The second kappa shape index (κ2) is 5.99. The van der Waals surface area contributed by atoms with E-state index in [2.05, 4.69) is 5.32 Å². The largest absolute Gasteiger partial charge is 0.478 e. The fourth-order valence-corrected chi connectivity index (χ4v) is 2.05. The summed E-state index contributed by atoms with van der Waals surface area (Å²) in [6, 6.07) is 8.35. The Bertz CT molecular complexity index is 734. The lowest BCUT2D eigenvalue weighted by molar-refractivity contribution is -0.383. The maximum Gasteiger partial charge on any atom is 0.337 e. The molecule has 21 heavy (non-hydrogen) atoms. The van der Waals surface area contributed by atoms with E-state index in [-0.39, 0.29) is 27.0 Å². The van der Waals surface area contributed by atoms with Crippen LogP contribution in [0.1, 0.15) is 10.4 Å². The molecule has 0 fully saturated rings. The number of carboxylic acids is 1. The SMILES string of the molecule is O=C(O)c1cc(Nc2ccc(Cl)cc2[N+](=O)[O-])ccc1Cl. The van der Waals surface area contributed by atoms with Crippen LogP contribution in [-0.4, -0.2) is 16.0 Å². The minimum atomic E-state index is -1.19. The van der Waals surface area contributed by atoms with E-state index >= 15 is 0 Å². The van der Waals surface area contributed by atoms with Crippen LogP contribution in [0.2, 0.25) is 10.0 Å². The van der Waals surface area contributed by atoms with Crippen molar-refractivity contribution in [1.29, 1.82) is 0 Å². The van der Waals surface area contributed by atoms with E-state index in [1.54, 1.807) is 0 Å². The van der Waals surface area contributed by atoms with Gasteiger partial charge in [-0.3, -0.25) is 10.1 Å². The van der Waals surface area contributed by atoms with Crippen molar-refractivity contribution in [3.05, 3.63) is 62.1 Å². The van der Waals surface area contributed by atoms with Gasteiger partial charge in [-0.2, -0.15) is 0 Å². The van der Waals surface area contributed by atoms with E-state index < -0.39 is 10.9 Å². The second-order valence-corrected chi connectivity index (χ2v) is 4.89. The molecule has 6 nitrogen and oxygen atoms in total. The number of halogens is 2. The molecule has 0 saturated carbocycles. The minimum absolute atomic E-state index is 0.0821. The van der Waals surface area contributed by atoms with Gasteiger partial charge in [0.25, 0.3) is 5.69 Å². The van der Waals surface area contributed by atoms with Gasteiger partial charge < -0.3 is 10.4 Å². The van der Waals surface area contributed by atoms with Crippen molar-refractivity contribution >= 4 is 46.2 Å². The Morgan fingerprint density at radius 2 is 1.90 bits per heavy atom. The van der Waals surface area contributed by atoms with Crippen LogP contribution in [0.3, 0.4) is 0 Å². The third-order valence-electron chi connectivity index (χ3n) is 2.63. The summed E-state index contributed by atoms with van der Waals surface area (Å²) in [5.74, 6) is -1.19. The van der Waals surface area contributed by atoms with Crippen LogP contribution < -0.4 is 5.32 Å². The fraction of sp³-hybridized carbons (Fsp3) is 0. The molecule has 0 radical (unpaired) electrons. The first-order valence-electron chi connectivity index (χ1n) is 5.62. The van der Waals surface area contributed by atoms with Gasteiger partial charge in [-0.05, 0) is 30.3 Å². The average Bonchev–Trinajstić information content (AvgIpc) is 2.42. The Morgan fingerprint density at radius 1 is 1.19 bits per heavy atom. The summed E-state index contributed by atoms with van der Waals surface area (Å²) in [6.45, 7) is 0. The van der Waals surface area contributed by atoms with E-state index in [0.717, 1.165) is 0 Å². The number of nitrogens with one attached hydrogen (secondary N) is 1. The molecule has 0 spiro atoms. The molecule has 8 heteroatoms. The number of nitro benzene ring substituents is 1. The predicted octanol–water partition coefficient (Wildman–Crippen LogP) is 4.34. The maximum atomic E-state index is 11.0. The van der Waals surface area contributed by atoms with Gasteiger partial charge in [-0.15, -0.1) is 0 Å². The summed E-state index contributed by atoms with van der Waals surface area (Å²) in [7, 11) is 0. The zero-order chi connectivity index (χ0) is 15.6. The molecule has 2 aromatic carbocycles. The number of anilines is 2. The summed E-state index contributed by atoms with van der Waals surface area (Å²) < 4.78 is 0. The fourth-order valence-electron chi connectivity index (χ4n) is 1.68. The zero-order valence-corrected chi connectivity index (χ0v) is 11.9. The Hall–Kier alpha value is -2.31. The molecule has 0 saturated heterocycles. The monoisotopic (exact) mass is 326 g/mol. The van der Waals surface area contributed by atoms with E-state index in [1.807, 2.05) is 0 Å². The molecular formula is C13H8Cl2N2O4. The van der Waals surface area contributed by atoms with Crippen LogP contribution in [0.4, 0.5) is 17.1 Å². The van der Waals surface area contributed by atoms with Gasteiger partial charge >= 0.3 is 5.97 Å². The molecule has 2 N–H and O–H groups in total. The van der Waals surface area contributed by atoms with E-state index in [4.69, 9.17) is 28.3 Å². The number of aromatic carboxylic acids is 1. The number of nitro groups is 1. The highest BCUT2D eigenvalue weighted by Crippen LogP contribution is 2.31. The molecule has 0 aliphatic carbocycles. The second-order valence-electron chi connectivity index (χ2n) is 4.04. The van der Waals surface area contributed by atoms with Crippen molar-refractivity contribution in [1.82, 2.24) is 0 Å². The normalized spacial score (nSPS) is 10.2. The molecule has 2 rings (SSSR count). The molecule has 2 aromatic rings. The molecule has 0 amide bonds. The van der Waals surface area contributed by atoms with E-state index in [9.17, 15) is 14.9 Å². The highest BCUT2D eigenvalue weighted by Gasteiger charge is 2.16. The van der Waals surface area contributed by atoms with Crippen molar-refractivity contribution < 1.29 is 14.8 Å². The Kier molecular flexibility index (Phi) is 4.30. The van der Waals surface area contributed by atoms with Crippen molar-refractivity contribution in [3.8, 4) is 0 Å². The van der Waals surface area contributed by atoms with Crippen LogP contribution in [0.5, 0.6) is 0 Å². The van der Waals surface area contributed by atoms with Crippen LogP contribution in [0.15, 0.2) is 36.4 Å². The molecule has 108 valence electrons. The lowest BCUT2D eigenvalue weighted by Crippen LogP contribution is -2.01. The van der Waals surface area contributed by atoms with Crippen molar-refractivity contribution in [2.24, 2.45) is 0 Å². The lowest BCUT2D eigenvalue weighted by atomic mass is 10.2. The van der Waals surface area contributed by atoms with Crippen LogP contribution in [0.25, 0.3) is 0 Å². The molecule has 0 bridgehead atoms. The first-order chi connectivity index (χ1) is 9.88. The number of rotatable bonds is 4. The van der Waals surface area contributed by atoms with Crippen molar-refractivity contribution in [2.45, 2.75) is 0 Å². The van der Waals surface area contributed by atoms with Crippen LogP contribution in [-0.2, 0) is 0 Å². The van der Waals surface area contributed by atoms with Gasteiger partial charge in [-0.25, -0.2) is 4.79 Å². The quantitative estimate of drug-likeness (QED) is 0.643. The molecule has 0 aromatic heterocycles. The number of hydrogen-bond donors (Lipinski definition) is 2. The van der Waals surface area contributed by atoms with Crippen molar-refractivity contribution in [2.75, 3.05) is 5.32 Å². The Labute approximate surface area is 129 Å². The highest BCUT2D eigenvalue weighted by molar-refractivity contribution is 6.33. The minimum Gasteiger partial charge on any atom is -0.478 e. The smallest absolute Gasteiger partial charge is 0.337 e. The van der Waals surface area contributed by atoms with Crippen LogP contribution >= 0.6 is 23.2 Å². The number of hydrogen-bond acceptors (Lipinski definition) is 4. The Balaban J connectivity index is 2.41. The molecule has 0 aliphatic heterocycles. The highest BCUT2D eigenvalue weighted by atomic mass is 35.5. The average molecular weight is 327 g/mol. The molecule has 0 aliphatic rings. The van der Waals surface area contributed by atoms with Gasteiger partial charge in [0, 0.05) is 16.8 Å². The van der Waals surface area contributed by atoms with Gasteiger partial charge in [0.2, 0.25) is 0 Å². The van der Waals surface area contributed by atoms with Gasteiger partial charge in [0.05, 0.1) is 15.5 Å². The zero-order valence-electron chi connectivity index (χ0n) is 10.3. The molecule has 0 unspecified atom stereocenters. The molecular weight excluding hydrogens is 319 g/mol. The van der Waals surface area contributed by atoms with Gasteiger partial charge in [0.1, 0.15) is 5.69 Å². The summed E-state index contributed by atoms with van der Waals surface area (Å²) >= 11 is 11.5. The molecule has 0 atom stereocenters. The van der Waals surface area contributed by atoms with Gasteiger partial charge in [-0.1, -0.05) is 23.2 Å². The number of benzene rings is 2. The summed E-state index contributed by atoms with van der Waals surface area (Å²) in [4.78, 5) is 21.4. The standard InChI is InChI=1S/C13H8Cl2N2O4/c14-7-1-4-11(12(5-7)17(20)21)16-8-2-3-10(15)9(6-8)13(18)19/h1-6,16H,(H,18,19). The third kappa shape index (κ3) is 3.42. The number of carbonyl (C=O) groups is 1. The predicted molar refractivity (Wildman–Crippen MR) is 79.8 cm³/mol. The van der Waals surface area contributed by atoms with E-state index in [1.165, 1.54) is 36.4 Å². The van der Waals surface area contributed by atoms with Crippen LogP contribution in [0, 0.1) is 10.1 Å². The first-order valence-corrected chi connectivity index (χ1v) is 6.38. The van der Waals surface area contributed by atoms with Crippen molar-refractivity contribution in [3.63, 3.8) is 0 Å².